The van der Waals surface area contributed by atoms with Crippen molar-refractivity contribution >= 4 is 23.3 Å². The zero-order chi connectivity index (χ0) is 13.4. The number of imidazole rings is 1. The van der Waals surface area contributed by atoms with Crippen LogP contribution in [-0.4, -0.2) is 22.8 Å². The van der Waals surface area contributed by atoms with E-state index in [0.29, 0.717) is 12.0 Å². The maximum Gasteiger partial charge on any atom is 0.178 e. The molecule has 0 spiro atoms. The van der Waals surface area contributed by atoms with Gasteiger partial charge in [0.15, 0.2) is 4.77 Å². The largest absolute Gasteiger partial charge is 0.381 e. The van der Waals surface area contributed by atoms with Gasteiger partial charge in [0.1, 0.15) is 0 Å². The van der Waals surface area contributed by atoms with Gasteiger partial charge >= 0.3 is 0 Å². The normalized spacial score (nSPS) is 18.8. The molecule has 0 bridgehead atoms. The molecule has 1 saturated heterocycles. The van der Waals surface area contributed by atoms with Crippen molar-refractivity contribution in [1.29, 1.82) is 0 Å². The SMILES string of the molecule is Cc1ccc2[nH]c(=S)n(C(C)C3CCOCC3)c2c1. The Labute approximate surface area is 118 Å². The number of ether oxygens (including phenoxy) is 1. The highest BCUT2D eigenvalue weighted by molar-refractivity contribution is 7.71. The van der Waals surface area contributed by atoms with Crippen molar-refractivity contribution in [3.63, 3.8) is 0 Å². The summed E-state index contributed by atoms with van der Waals surface area (Å²) >= 11 is 5.52. The van der Waals surface area contributed by atoms with E-state index < -0.39 is 0 Å². The van der Waals surface area contributed by atoms with Crippen molar-refractivity contribution in [2.24, 2.45) is 5.92 Å². The molecule has 1 atom stereocenters. The second-order valence-corrected chi connectivity index (χ2v) is 5.90. The van der Waals surface area contributed by atoms with Crippen LogP contribution < -0.4 is 0 Å². The molecule has 0 saturated carbocycles. The van der Waals surface area contributed by atoms with E-state index in [9.17, 15) is 0 Å². The standard InChI is InChI=1S/C15H20N2OS/c1-10-3-4-13-14(9-10)17(15(19)16-13)11(2)12-5-7-18-8-6-12/h3-4,9,11-12H,5-8H2,1-2H3,(H,16,19). The number of hydrogen-bond acceptors (Lipinski definition) is 2. The number of aryl methyl sites for hydroxylation is 1. The molecule has 1 fully saturated rings. The maximum atomic E-state index is 5.52. The molecule has 1 aliphatic rings. The third-order valence-corrected chi connectivity index (χ3v) is 4.53. The fraction of sp³-hybridized carbons (Fsp3) is 0.533. The van der Waals surface area contributed by atoms with Gasteiger partial charge in [0.2, 0.25) is 0 Å². The molecule has 19 heavy (non-hydrogen) atoms. The molecule has 3 nitrogen and oxygen atoms in total. The van der Waals surface area contributed by atoms with Gasteiger partial charge in [0.25, 0.3) is 0 Å². The topological polar surface area (TPSA) is 29.9 Å². The van der Waals surface area contributed by atoms with Gasteiger partial charge in [0.05, 0.1) is 11.0 Å². The van der Waals surface area contributed by atoms with Crippen molar-refractivity contribution in [1.82, 2.24) is 9.55 Å². The first-order valence-corrected chi connectivity index (χ1v) is 7.36. The number of benzene rings is 1. The van der Waals surface area contributed by atoms with E-state index in [1.54, 1.807) is 0 Å². The number of nitrogens with one attached hydrogen (secondary N) is 1. The predicted octanol–water partition coefficient (Wildman–Crippen LogP) is 3.99. The van der Waals surface area contributed by atoms with Crippen molar-refractivity contribution < 1.29 is 4.74 Å². The number of rotatable bonds is 2. The first-order chi connectivity index (χ1) is 9.16. The van der Waals surface area contributed by atoms with Crippen LogP contribution in [0, 0.1) is 17.6 Å². The van der Waals surface area contributed by atoms with E-state index >= 15 is 0 Å². The fourth-order valence-electron chi connectivity index (χ4n) is 3.04. The second-order valence-electron chi connectivity index (χ2n) is 5.51. The zero-order valence-electron chi connectivity index (χ0n) is 11.5. The first-order valence-electron chi connectivity index (χ1n) is 6.95. The Hall–Kier alpha value is -1.13. The predicted molar refractivity (Wildman–Crippen MR) is 80.1 cm³/mol. The Balaban J connectivity index is 2.05. The van der Waals surface area contributed by atoms with Crippen molar-refractivity contribution in [3.8, 4) is 0 Å². The number of nitrogens with zero attached hydrogens (tertiary/aromatic N) is 1. The van der Waals surface area contributed by atoms with Crippen LogP contribution in [0.1, 0.15) is 31.4 Å². The van der Waals surface area contributed by atoms with E-state index in [0.717, 1.165) is 36.3 Å². The summed E-state index contributed by atoms with van der Waals surface area (Å²) in [6.07, 6.45) is 2.25. The average Bonchev–Trinajstić information content (AvgIpc) is 2.74. The summed E-state index contributed by atoms with van der Waals surface area (Å²) in [6.45, 7) is 6.16. The molecule has 2 aromatic rings. The van der Waals surface area contributed by atoms with Crippen LogP contribution in [-0.2, 0) is 4.74 Å². The van der Waals surface area contributed by atoms with Crippen LogP contribution in [0.15, 0.2) is 18.2 Å². The number of fused-ring (bicyclic) bond motifs is 1. The molecule has 3 rings (SSSR count). The Bertz CT molecular complexity index is 637. The minimum Gasteiger partial charge on any atom is -0.381 e. The van der Waals surface area contributed by atoms with Gasteiger partial charge in [-0.2, -0.15) is 0 Å². The lowest BCUT2D eigenvalue weighted by Crippen LogP contribution is -2.24. The van der Waals surface area contributed by atoms with Gasteiger partial charge in [-0.3, -0.25) is 0 Å². The number of hydrogen-bond donors (Lipinski definition) is 1. The van der Waals surface area contributed by atoms with Gasteiger partial charge in [-0.1, -0.05) is 6.07 Å². The summed E-state index contributed by atoms with van der Waals surface area (Å²) < 4.78 is 8.58. The summed E-state index contributed by atoms with van der Waals surface area (Å²) in [5.41, 5.74) is 3.63. The van der Waals surface area contributed by atoms with Crippen molar-refractivity contribution in [2.75, 3.05) is 13.2 Å². The quantitative estimate of drug-likeness (QED) is 0.840. The first kappa shape index (κ1) is 12.9. The second kappa shape index (κ2) is 5.10. The van der Waals surface area contributed by atoms with Crippen LogP contribution in [0.3, 0.4) is 0 Å². The average molecular weight is 276 g/mol. The fourth-order valence-corrected chi connectivity index (χ4v) is 3.42. The van der Waals surface area contributed by atoms with Crippen LogP contribution >= 0.6 is 12.2 Å². The number of aromatic nitrogens is 2. The summed E-state index contributed by atoms with van der Waals surface area (Å²) in [7, 11) is 0. The molecule has 1 N–H and O–H groups in total. The molecule has 1 aromatic heterocycles. The third-order valence-electron chi connectivity index (χ3n) is 4.23. The lowest BCUT2D eigenvalue weighted by atomic mass is 9.92. The van der Waals surface area contributed by atoms with Gasteiger partial charge < -0.3 is 14.3 Å². The minimum absolute atomic E-state index is 0.423. The summed E-state index contributed by atoms with van der Waals surface area (Å²) in [5.74, 6) is 0.653. The summed E-state index contributed by atoms with van der Waals surface area (Å²) in [6, 6.07) is 6.88. The lowest BCUT2D eigenvalue weighted by molar-refractivity contribution is 0.0517. The van der Waals surface area contributed by atoms with Gasteiger partial charge in [0, 0.05) is 19.3 Å². The highest BCUT2D eigenvalue weighted by Gasteiger charge is 2.23. The Kier molecular flexibility index (Phi) is 3.46. The Morgan fingerprint density at radius 3 is 2.84 bits per heavy atom. The van der Waals surface area contributed by atoms with Crippen LogP contribution in [0.2, 0.25) is 0 Å². The highest BCUT2D eigenvalue weighted by atomic mass is 32.1. The Morgan fingerprint density at radius 1 is 1.37 bits per heavy atom. The summed E-state index contributed by atoms with van der Waals surface area (Å²) in [5, 5.41) is 0. The maximum absolute atomic E-state index is 5.52. The Morgan fingerprint density at radius 2 is 2.11 bits per heavy atom. The number of H-pyrrole nitrogens is 1. The van der Waals surface area contributed by atoms with E-state index in [4.69, 9.17) is 17.0 Å². The third kappa shape index (κ3) is 2.35. The highest BCUT2D eigenvalue weighted by Crippen LogP contribution is 2.30. The molecule has 0 radical (unpaired) electrons. The van der Waals surface area contributed by atoms with Gasteiger partial charge in [-0.05, 0) is 62.5 Å². The molecule has 1 unspecified atom stereocenters. The van der Waals surface area contributed by atoms with E-state index in [2.05, 4.69) is 41.6 Å². The van der Waals surface area contributed by atoms with E-state index in [-0.39, 0.29) is 0 Å². The molecular formula is C15H20N2OS. The molecule has 0 amide bonds. The minimum atomic E-state index is 0.423. The molecular weight excluding hydrogens is 256 g/mol. The van der Waals surface area contributed by atoms with E-state index in [1.165, 1.54) is 11.1 Å². The molecule has 2 heterocycles. The smallest absolute Gasteiger partial charge is 0.178 e. The van der Waals surface area contributed by atoms with Crippen molar-refractivity contribution in [2.45, 2.75) is 32.7 Å². The van der Waals surface area contributed by atoms with Crippen LogP contribution in [0.4, 0.5) is 0 Å². The zero-order valence-corrected chi connectivity index (χ0v) is 12.3. The monoisotopic (exact) mass is 276 g/mol. The lowest BCUT2D eigenvalue weighted by Gasteiger charge is -2.29. The van der Waals surface area contributed by atoms with Gasteiger partial charge in [-0.15, -0.1) is 0 Å². The molecule has 4 heteroatoms. The van der Waals surface area contributed by atoms with Crippen molar-refractivity contribution in [3.05, 3.63) is 28.5 Å². The molecule has 1 aromatic carbocycles. The van der Waals surface area contributed by atoms with E-state index in [1.807, 2.05) is 0 Å². The molecule has 1 aliphatic heterocycles. The molecule has 0 aliphatic carbocycles. The van der Waals surface area contributed by atoms with Crippen LogP contribution in [0.25, 0.3) is 11.0 Å². The van der Waals surface area contributed by atoms with Crippen LogP contribution in [0.5, 0.6) is 0 Å². The molecule has 102 valence electrons. The number of aromatic amines is 1. The summed E-state index contributed by atoms with van der Waals surface area (Å²) in [4.78, 5) is 3.32. The van der Waals surface area contributed by atoms with Gasteiger partial charge in [-0.25, -0.2) is 0 Å².